The highest BCUT2D eigenvalue weighted by atomic mass is 32.2. The number of hydrogen-bond acceptors (Lipinski definition) is 6. The summed E-state index contributed by atoms with van der Waals surface area (Å²) in [6.07, 6.45) is 7.69. The third-order valence-corrected chi connectivity index (χ3v) is 4.27. The zero-order valence-electron chi connectivity index (χ0n) is 14.9. The molecule has 0 spiro atoms. The molecule has 7 heteroatoms. The summed E-state index contributed by atoms with van der Waals surface area (Å²) in [5.74, 6) is 1.03. The van der Waals surface area contributed by atoms with Gasteiger partial charge in [-0.05, 0) is 31.7 Å². The summed E-state index contributed by atoms with van der Waals surface area (Å²) in [4.78, 5) is 12.5. The van der Waals surface area contributed by atoms with E-state index in [0.29, 0.717) is 28.9 Å². The van der Waals surface area contributed by atoms with E-state index in [2.05, 4.69) is 22.2 Å². The first-order valence-corrected chi connectivity index (χ1v) is 9.66. The van der Waals surface area contributed by atoms with Crippen LogP contribution < -0.4 is 4.74 Å². The van der Waals surface area contributed by atoms with E-state index < -0.39 is 0 Å². The first-order valence-electron chi connectivity index (χ1n) is 8.44. The molecule has 2 rings (SSSR count). The second kappa shape index (κ2) is 9.98. The second-order valence-corrected chi connectivity index (χ2v) is 6.33. The molecule has 0 bridgehead atoms. The molecule has 0 aliphatic rings. The SMILES string of the molecule is CCCCCCOc1ccccc1C(=O)/C=N\n1c(C)nnc1SC. The minimum absolute atomic E-state index is 0.204. The lowest BCUT2D eigenvalue weighted by Gasteiger charge is -2.09. The maximum atomic E-state index is 12.5. The number of ether oxygens (including phenoxy) is 1. The number of para-hydroxylation sites is 1. The average molecular weight is 360 g/mol. The van der Waals surface area contributed by atoms with Crippen molar-refractivity contribution >= 4 is 23.8 Å². The molecule has 0 unspecified atom stereocenters. The first kappa shape index (κ1) is 19.2. The Bertz CT molecular complexity index is 728. The molecule has 1 aromatic heterocycles. The van der Waals surface area contributed by atoms with Crippen LogP contribution in [0, 0.1) is 6.92 Å². The van der Waals surface area contributed by atoms with Gasteiger partial charge in [-0.2, -0.15) is 9.78 Å². The van der Waals surface area contributed by atoms with Crippen molar-refractivity contribution in [2.45, 2.75) is 44.7 Å². The van der Waals surface area contributed by atoms with Gasteiger partial charge >= 0.3 is 0 Å². The van der Waals surface area contributed by atoms with E-state index in [4.69, 9.17) is 4.74 Å². The summed E-state index contributed by atoms with van der Waals surface area (Å²) < 4.78 is 7.34. The molecule has 1 heterocycles. The van der Waals surface area contributed by atoms with Crippen molar-refractivity contribution in [3.63, 3.8) is 0 Å². The second-order valence-electron chi connectivity index (χ2n) is 5.56. The lowest BCUT2D eigenvalue weighted by molar-refractivity contribution is 0.106. The number of ketones is 1. The summed E-state index contributed by atoms with van der Waals surface area (Å²) in [5.41, 5.74) is 0.512. The van der Waals surface area contributed by atoms with Gasteiger partial charge in [0.25, 0.3) is 0 Å². The van der Waals surface area contributed by atoms with Gasteiger partial charge in [-0.25, -0.2) is 0 Å². The van der Waals surface area contributed by atoms with Crippen LogP contribution in [0.3, 0.4) is 0 Å². The fraction of sp³-hybridized carbons (Fsp3) is 0.444. The van der Waals surface area contributed by atoms with Crippen molar-refractivity contribution in [2.75, 3.05) is 12.9 Å². The Kier molecular flexibility index (Phi) is 7.66. The molecule has 0 saturated carbocycles. The normalized spacial score (nSPS) is 11.2. The topological polar surface area (TPSA) is 69.4 Å². The molecule has 25 heavy (non-hydrogen) atoms. The molecule has 0 saturated heterocycles. The maximum Gasteiger partial charge on any atom is 0.211 e. The number of hydrogen-bond donors (Lipinski definition) is 0. The number of thioether (sulfide) groups is 1. The van der Waals surface area contributed by atoms with E-state index in [1.807, 2.05) is 24.5 Å². The molecule has 0 fully saturated rings. The molecule has 1 aromatic carbocycles. The molecular formula is C18H24N4O2S. The Morgan fingerprint density at radius 3 is 2.84 bits per heavy atom. The van der Waals surface area contributed by atoms with Crippen molar-refractivity contribution < 1.29 is 9.53 Å². The average Bonchev–Trinajstić information content (AvgIpc) is 2.99. The van der Waals surface area contributed by atoms with Crippen molar-refractivity contribution in [1.29, 1.82) is 0 Å². The van der Waals surface area contributed by atoms with Crippen LogP contribution in [0.1, 0.15) is 48.8 Å². The number of rotatable bonds is 10. The van der Waals surface area contributed by atoms with Gasteiger partial charge in [0.2, 0.25) is 10.9 Å². The fourth-order valence-corrected chi connectivity index (χ4v) is 2.76. The number of aromatic nitrogens is 3. The van der Waals surface area contributed by atoms with Gasteiger partial charge in [-0.1, -0.05) is 50.1 Å². The number of aryl methyl sites for hydroxylation is 1. The van der Waals surface area contributed by atoms with Crippen molar-refractivity contribution in [2.24, 2.45) is 5.10 Å². The van der Waals surface area contributed by atoms with E-state index in [9.17, 15) is 4.79 Å². The molecule has 134 valence electrons. The summed E-state index contributed by atoms with van der Waals surface area (Å²) in [6.45, 7) is 4.58. The van der Waals surface area contributed by atoms with Gasteiger partial charge in [-0.3, -0.25) is 4.79 Å². The standard InChI is InChI=1S/C18H24N4O2S/c1-4-5-6-9-12-24-17-11-8-7-10-15(17)16(23)13-19-22-14(2)20-21-18(22)25-3/h7-8,10-11,13H,4-6,9,12H2,1-3H3/b19-13-. The van der Waals surface area contributed by atoms with Crippen LogP contribution in [0.15, 0.2) is 34.5 Å². The molecule has 6 nitrogen and oxygen atoms in total. The van der Waals surface area contributed by atoms with E-state index in [1.54, 1.807) is 17.7 Å². The van der Waals surface area contributed by atoms with E-state index in [1.165, 1.54) is 30.8 Å². The van der Waals surface area contributed by atoms with Crippen LogP contribution in [0.25, 0.3) is 0 Å². The molecule has 0 aliphatic heterocycles. The van der Waals surface area contributed by atoms with Crippen LogP contribution in [0.4, 0.5) is 0 Å². The number of Topliss-reactive ketones (excluding diaryl/α,β-unsaturated/α-hetero) is 1. The predicted octanol–water partition coefficient (Wildman–Crippen LogP) is 3.98. The van der Waals surface area contributed by atoms with Gasteiger partial charge in [0.05, 0.1) is 18.4 Å². The largest absolute Gasteiger partial charge is 0.493 e. The van der Waals surface area contributed by atoms with E-state index >= 15 is 0 Å². The van der Waals surface area contributed by atoms with E-state index in [-0.39, 0.29) is 5.78 Å². The molecule has 0 aliphatic carbocycles. The molecule has 0 atom stereocenters. The molecular weight excluding hydrogens is 336 g/mol. The van der Waals surface area contributed by atoms with Crippen molar-refractivity contribution in [3.05, 3.63) is 35.7 Å². The lowest BCUT2D eigenvalue weighted by Crippen LogP contribution is -2.07. The third-order valence-electron chi connectivity index (χ3n) is 3.65. The predicted molar refractivity (Wildman–Crippen MR) is 101 cm³/mol. The first-order chi connectivity index (χ1) is 12.2. The zero-order valence-corrected chi connectivity index (χ0v) is 15.8. The monoisotopic (exact) mass is 360 g/mol. The Morgan fingerprint density at radius 2 is 2.08 bits per heavy atom. The van der Waals surface area contributed by atoms with Crippen LogP contribution in [-0.4, -0.2) is 39.7 Å². The maximum absolute atomic E-state index is 12.5. The number of carbonyl (C=O) groups is 1. The van der Waals surface area contributed by atoms with E-state index in [0.717, 1.165) is 12.8 Å². The molecule has 0 N–H and O–H groups in total. The fourth-order valence-electron chi connectivity index (χ4n) is 2.29. The van der Waals surface area contributed by atoms with Gasteiger partial charge in [0.1, 0.15) is 5.75 Å². The number of benzene rings is 1. The lowest BCUT2D eigenvalue weighted by atomic mass is 10.1. The van der Waals surface area contributed by atoms with Crippen LogP contribution in [0.5, 0.6) is 5.75 Å². The smallest absolute Gasteiger partial charge is 0.211 e. The van der Waals surface area contributed by atoms with Crippen LogP contribution in [0.2, 0.25) is 0 Å². The van der Waals surface area contributed by atoms with Crippen LogP contribution in [-0.2, 0) is 0 Å². The Labute approximate surface area is 152 Å². The number of carbonyl (C=O) groups excluding carboxylic acids is 1. The number of unbranched alkanes of at least 4 members (excludes halogenated alkanes) is 3. The minimum atomic E-state index is -0.204. The van der Waals surface area contributed by atoms with Crippen LogP contribution >= 0.6 is 11.8 Å². The van der Waals surface area contributed by atoms with Gasteiger partial charge in [0, 0.05) is 0 Å². The minimum Gasteiger partial charge on any atom is -0.493 e. The molecule has 0 radical (unpaired) electrons. The third kappa shape index (κ3) is 5.42. The van der Waals surface area contributed by atoms with Crippen molar-refractivity contribution in [3.8, 4) is 5.75 Å². The summed E-state index contributed by atoms with van der Waals surface area (Å²) >= 11 is 1.42. The Morgan fingerprint density at radius 1 is 1.28 bits per heavy atom. The Balaban J connectivity index is 2.06. The van der Waals surface area contributed by atoms with Gasteiger partial charge in [-0.15, -0.1) is 10.2 Å². The summed E-state index contributed by atoms with van der Waals surface area (Å²) in [7, 11) is 0. The Hall–Kier alpha value is -2.15. The summed E-state index contributed by atoms with van der Waals surface area (Å²) in [6, 6.07) is 7.26. The summed E-state index contributed by atoms with van der Waals surface area (Å²) in [5, 5.41) is 12.8. The highest BCUT2D eigenvalue weighted by molar-refractivity contribution is 7.98. The zero-order chi connectivity index (χ0) is 18.1. The highest BCUT2D eigenvalue weighted by Gasteiger charge is 2.11. The van der Waals surface area contributed by atoms with Gasteiger partial charge < -0.3 is 4.74 Å². The highest BCUT2D eigenvalue weighted by Crippen LogP contribution is 2.19. The quantitative estimate of drug-likeness (QED) is 0.277. The van der Waals surface area contributed by atoms with Gasteiger partial charge in [0.15, 0.2) is 5.82 Å². The molecule has 0 amide bonds. The van der Waals surface area contributed by atoms with Crippen molar-refractivity contribution in [1.82, 2.24) is 14.9 Å². The molecule has 2 aromatic rings. The number of nitrogens with zero attached hydrogens (tertiary/aromatic N) is 4.